The van der Waals surface area contributed by atoms with Crippen molar-refractivity contribution in [3.63, 3.8) is 0 Å². The lowest BCUT2D eigenvalue weighted by Crippen LogP contribution is -2.46. The molecule has 1 aliphatic rings. The molecule has 0 bridgehead atoms. The molecule has 25 heavy (non-hydrogen) atoms. The summed E-state index contributed by atoms with van der Waals surface area (Å²) >= 11 is 6.87. The summed E-state index contributed by atoms with van der Waals surface area (Å²) in [6.07, 6.45) is 0. The monoisotopic (exact) mass is 376 g/mol. The Morgan fingerprint density at radius 1 is 1.12 bits per heavy atom. The number of benzene rings is 1. The van der Waals surface area contributed by atoms with Crippen molar-refractivity contribution < 1.29 is 8.81 Å². The molecular weight excluding hydrogens is 359 g/mol. The predicted octanol–water partition coefficient (Wildman–Crippen LogP) is 3.85. The molecule has 0 aliphatic carbocycles. The molecule has 2 aromatic heterocycles. The summed E-state index contributed by atoms with van der Waals surface area (Å²) < 4.78 is 20.4. The Morgan fingerprint density at radius 3 is 2.56 bits per heavy atom. The molecule has 3 heterocycles. The van der Waals surface area contributed by atoms with Crippen LogP contribution in [0, 0.1) is 10.7 Å². The Kier molecular flexibility index (Phi) is 4.65. The third-order valence-corrected chi connectivity index (χ3v) is 5.39. The SMILES string of the molecule is Fc1ccc(N2CCN(Cn3nc(-c4cccs4)oc3=S)CC2)cc1. The third kappa shape index (κ3) is 3.65. The minimum absolute atomic E-state index is 0.204. The van der Waals surface area contributed by atoms with E-state index in [-0.39, 0.29) is 5.82 Å². The number of nitrogens with zero attached hydrogens (tertiary/aromatic N) is 4. The van der Waals surface area contributed by atoms with Gasteiger partial charge in [0.2, 0.25) is 0 Å². The van der Waals surface area contributed by atoms with Gasteiger partial charge in [0, 0.05) is 31.9 Å². The average Bonchev–Trinajstić information content (AvgIpc) is 3.27. The fraction of sp³-hybridized carbons (Fsp3) is 0.294. The summed E-state index contributed by atoms with van der Waals surface area (Å²) in [4.78, 5) is 5.92. The Bertz CT molecular complexity index is 880. The third-order valence-electron chi connectivity index (χ3n) is 4.24. The van der Waals surface area contributed by atoms with Crippen LogP contribution in [0.25, 0.3) is 10.8 Å². The van der Waals surface area contributed by atoms with Crippen molar-refractivity contribution in [1.82, 2.24) is 14.7 Å². The van der Waals surface area contributed by atoms with Crippen LogP contribution in [-0.4, -0.2) is 40.9 Å². The molecule has 0 N–H and O–H groups in total. The van der Waals surface area contributed by atoms with E-state index < -0.39 is 0 Å². The Labute approximate surface area is 153 Å². The van der Waals surface area contributed by atoms with E-state index in [0.29, 0.717) is 17.4 Å². The highest BCUT2D eigenvalue weighted by Crippen LogP contribution is 2.23. The fourth-order valence-electron chi connectivity index (χ4n) is 2.88. The molecule has 8 heteroatoms. The van der Waals surface area contributed by atoms with Gasteiger partial charge in [-0.1, -0.05) is 6.07 Å². The van der Waals surface area contributed by atoms with Crippen LogP contribution in [0.5, 0.6) is 0 Å². The number of thiophene rings is 1. The number of halogens is 1. The number of piperazine rings is 1. The molecule has 1 fully saturated rings. The summed E-state index contributed by atoms with van der Waals surface area (Å²) in [5, 5.41) is 6.48. The average molecular weight is 376 g/mol. The zero-order chi connectivity index (χ0) is 17.2. The molecule has 1 saturated heterocycles. The van der Waals surface area contributed by atoms with Crippen molar-refractivity contribution in [2.24, 2.45) is 0 Å². The highest BCUT2D eigenvalue weighted by Gasteiger charge is 2.19. The molecule has 0 amide bonds. The van der Waals surface area contributed by atoms with Crippen molar-refractivity contribution in [2.45, 2.75) is 6.67 Å². The standard InChI is InChI=1S/C17H17FN4OS2/c18-13-3-5-14(6-4-13)21-9-7-20(8-10-21)12-22-17(24)23-16(19-22)15-2-1-11-25-15/h1-6,11H,7-10,12H2. The first-order chi connectivity index (χ1) is 12.2. The number of rotatable bonds is 4. The van der Waals surface area contributed by atoms with Gasteiger partial charge >= 0.3 is 0 Å². The smallest absolute Gasteiger partial charge is 0.288 e. The lowest BCUT2D eigenvalue weighted by Gasteiger charge is -2.35. The van der Waals surface area contributed by atoms with Crippen molar-refractivity contribution in [2.75, 3.05) is 31.1 Å². The first kappa shape index (κ1) is 16.4. The van der Waals surface area contributed by atoms with E-state index in [1.165, 1.54) is 12.1 Å². The highest BCUT2D eigenvalue weighted by molar-refractivity contribution is 7.71. The van der Waals surface area contributed by atoms with Gasteiger partial charge in [0.25, 0.3) is 10.7 Å². The molecule has 4 rings (SSSR count). The molecule has 0 spiro atoms. The van der Waals surface area contributed by atoms with Crippen molar-refractivity contribution >= 4 is 29.2 Å². The topological polar surface area (TPSA) is 37.4 Å². The second-order valence-corrected chi connectivity index (χ2v) is 7.17. The molecule has 0 unspecified atom stereocenters. The minimum atomic E-state index is -0.204. The number of anilines is 1. The van der Waals surface area contributed by atoms with Gasteiger partial charge in [0.15, 0.2) is 0 Å². The van der Waals surface area contributed by atoms with Gasteiger partial charge in [-0.3, -0.25) is 4.90 Å². The molecule has 1 aromatic carbocycles. The molecule has 3 aromatic rings. The van der Waals surface area contributed by atoms with Gasteiger partial charge in [0.05, 0.1) is 11.5 Å². The molecule has 130 valence electrons. The van der Waals surface area contributed by atoms with E-state index in [1.54, 1.807) is 16.0 Å². The quantitative estimate of drug-likeness (QED) is 0.647. The van der Waals surface area contributed by atoms with Crippen molar-refractivity contribution in [3.05, 3.63) is 52.4 Å². The van der Waals surface area contributed by atoms with E-state index in [4.69, 9.17) is 16.6 Å². The largest absolute Gasteiger partial charge is 0.408 e. The van der Waals surface area contributed by atoms with E-state index in [2.05, 4.69) is 14.9 Å². The van der Waals surface area contributed by atoms with Crippen molar-refractivity contribution in [1.29, 1.82) is 0 Å². The summed E-state index contributed by atoms with van der Waals surface area (Å²) in [6.45, 7) is 4.16. The summed E-state index contributed by atoms with van der Waals surface area (Å²) in [7, 11) is 0. The second-order valence-electron chi connectivity index (χ2n) is 5.87. The zero-order valence-electron chi connectivity index (χ0n) is 13.5. The molecule has 5 nitrogen and oxygen atoms in total. The van der Waals surface area contributed by atoms with Gasteiger partial charge < -0.3 is 9.32 Å². The first-order valence-electron chi connectivity index (χ1n) is 8.04. The van der Waals surface area contributed by atoms with Crippen LogP contribution >= 0.6 is 23.6 Å². The van der Waals surface area contributed by atoms with E-state index >= 15 is 0 Å². The van der Waals surface area contributed by atoms with Crippen LogP contribution < -0.4 is 4.90 Å². The van der Waals surface area contributed by atoms with Gasteiger partial charge in [-0.2, -0.15) is 0 Å². The molecule has 0 radical (unpaired) electrons. The molecule has 0 saturated carbocycles. The number of aromatic nitrogens is 2. The Hall–Kier alpha value is -2.03. The summed E-state index contributed by atoms with van der Waals surface area (Å²) in [6, 6.07) is 10.6. The van der Waals surface area contributed by atoms with Gasteiger partial charge in [-0.05, 0) is 47.9 Å². The van der Waals surface area contributed by atoms with Crippen LogP contribution in [0.3, 0.4) is 0 Å². The number of hydrogen-bond acceptors (Lipinski definition) is 6. The van der Waals surface area contributed by atoms with Gasteiger partial charge in [-0.15, -0.1) is 16.4 Å². The molecular formula is C17H17FN4OS2. The fourth-order valence-corrected chi connectivity index (χ4v) is 3.71. The molecule has 0 atom stereocenters. The first-order valence-corrected chi connectivity index (χ1v) is 9.32. The maximum Gasteiger partial charge on any atom is 0.288 e. The zero-order valence-corrected chi connectivity index (χ0v) is 15.1. The van der Waals surface area contributed by atoms with Crippen LogP contribution in [0.1, 0.15) is 0 Å². The summed E-state index contributed by atoms with van der Waals surface area (Å²) in [5.41, 5.74) is 1.05. The molecule has 1 aliphatic heterocycles. The Balaban J connectivity index is 1.39. The van der Waals surface area contributed by atoms with E-state index in [0.717, 1.165) is 36.7 Å². The van der Waals surface area contributed by atoms with Crippen LogP contribution in [0.4, 0.5) is 10.1 Å². The lowest BCUT2D eigenvalue weighted by atomic mass is 10.2. The van der Waals surface area contributed by atoms with Crippen LogP contribution in [0.15, 0.2) is 46.2 Å². The van der Waals surface area contributed by atoms with Gasteiger partial charge in [-0.25, -0.2) is 9.07 Å². The normalized spacial score (nSPS) is 15.6. The maximum absolute atomic E-state index is 13.0. The minimum Gasteiger partial charge on any atom is -0.408 e. The van der Waals surface area contributed by atoms with Gasteiger partial charge in [0.1, 0.15) is 5.82 Å². The Morgan fingerprint density at radius 2 is 1.88 bits per heavy atom. The second kappa shape index (κ2) is 7.07. The van der Waals surface area contributed by atoms with E-state index in [9.17, 15) is 4.39 Å². The summed E-state index contributed by atoms with van der Waals surface area (Å²) in [5.74, 6) is 0.370. The van der Waals surface area contributed by atoms with Crippen LogP contribution in [-0.2, 0) is 6.67 Å². The van der Waals surface area contributed by atoms with E-state index in [1.807, 2.05) is 29.6 Å². The lowest BCUT2D eigenvalue weighted by molar-refractivity contribution is 0.192. The maximum atomic E-state index is 13.0. The predicted molar refractivity (Wildman–Crippen MR) is 98.8 cm³/mol. The van der Waals surface area contributed by atoms with Crippen molar-refractivity contribution in [3.8, 4) is 10.8 Å². The highest BCUT2D eigenvalue weighted by atomic mass is 32.1. The number of hydrogen-bond donors (Lipinski definition) is 0. The van der Waals surface area contributed by atoms with Crippen LogP contribution in [0.2, 0.25) is 0 Å².